The Balaban J connectivity index is 1.99. The number of carbonyl (C=O) groups excluding carboxylic acids is 1. The second-order valence-corrected chi connectivity index (χ2v) is 4.65. The molecule has 1 amide bonds. The van der Waals surface area contributed by atoms with Crippen LogP contribution in [0, 0.1) is 5.92 Å². The van der Waals surface area contributed by atoms with Gasteiger partial charge in [-0.15, -0.1) is 0 Å². The Morgan fingerprint density at radius 2 is 2.27 bits per heavy atom. The van der Waals surface area contributed by atoms with Gasteiger partial charge in [0.2, 0.25) is 5.91 Å². The van der Waals surface area contributed by atoms with Crippen molar-refractivity contribution in [2.24, 2.45) is 5.92 Å². The van der Waals surface area contributed by atoms with Crippen LogP contribution in [-0.4, -0.2) is 49.2 Å². The van der Waals surface area contributed by atoms with Crippen LogP contribution in [0.15, 0.2) is 0 Å². The third kappa shape index (κ3) is 2.16. The van der Waals surface area contributed by atoms with E-state index in [2.05, 4.69) is 19.2 Å². The van der Waals surface area contributed by atoms with Crippen LogP contribution in [0.1, 0.15) is 20.3 Å². The lowest BCUT2D eigenvalue weighted by Gasteiger charge is -2.35. The first-order valence-corrected chi connectivity index (χ1v) is 5.81. The standard InChI is InChI=1S/C11H20N2O2/c1-8-3-4-12-10(8)11(14)13-5-6-15-7-9(13)2/h8-10,12H,3-7H2,1-2H3/t8?,9-,10?/m1/s1. The highest BCUT2D eigenvalue weighted by Gasteiger charge is 2.35. The Morgan fingerprint density at radius 3 is 2.87 bits per heavy atom. The summed E-state index contributed by atoms with van der Waals surface area (Å²) in [5, 5.41) is 3.29. The lowest BCUT2D eigenvalue weighted by atomic mass is 10.0. The van der Waals surface area contributed by atoms with E-state index in [0.717, 1.165) is 19.5 Å². The molecule has 2 unspecified atom stereocenters. The van der Waals surface area contributed by atoms with Crippen molar-refractivity contribution in [2.45, 2.75) is 32.4 Å². The van der Waals surface area contributed by atoms with E-state index in [0.29, 0.717) is 19.1 Å². The van der Waals surface area contributed by atoms with E-state index in [1.807, 2.05) is 4.90 Å². The second kappa shape index (κ2) is 4.49. The molecule has 86 valence electrons. The van der Waals surface area contributed by atoms with Crippen LogP contribution in [0.3, 0.4) is 0 Å². The quantitative estimate of drug-likeness (QED) is 0.676. The average Bonchev–Trinajstić information content (AvgIpc) is 2.64. The molecular formula is C11H20N2O2. The molecule has 0 spiro atoms. The molecule has 0 aliphatic carbocycles. The highest BCUT2D eigenvalue weighted by molar-refractivity contribution is 5.83. The highest BCUT2D eigenvalue weighted by Crippen LogP contribution is 2.18. The molecule has 2 aliphatic rings. The number of amides is 1. The van der Waals surface area contributed by atoms with Gasteiger partial charge in [-0.25, -0.2) is 0 Å². The molecule has 2 heterocycles. The van der Waals surface area contributed by atoms with Gasteiger partial charge in [0.15, 0.2) is 0 Å². The number of ether oxygens (including phenoxy) is 1. The Labute approximate surface area is 91.0 Å². The van der Waals surface area contributed by atoms with Crippen LogP contribution in [-0.2, 0) is 9.53 Å². The first kappa shape index (κ1) is 10.9. The fourth-order valence-electron chi connectivity index (χ4n) is 2.40. The summed E-state index contributed by atoms with van der Waals surface area (Å²) in [4.78, 5) is 14.2. The minimum Gasteiger partial charge on any atom is -0.377 e. The van der Waals surface area contributed by atoms with Gasteiger partial charge in [-0.1, -0.05) is 6.92 Å². The SMILES string of the molecule is CC1CCNC1C(=O)N1CCOC[C@H]1C. The second-order valence-electron chi connectivity index (χ2n) is 4.65. The van der Waals surface area contributed by atoms with Crippen molar-refractivity contribution >= 4 is 5.91 Å². The largest absolute Gasteiger partial charge is 0.377 e. The Bertz CT molecular complexity index is 245. The summed E-state index contributed by atoms with van der Waals surface area (Å²) in [5.74, 6) is 0.725. The highest BCUT2D eigenvalue weighted by atomic mass is 16.5. The summed E-state index contributed by atoms with van der Waals surface area (Å²) >= 11 is 0. The summed E-state index contributed by atoms with van der Waals surface area (Å²) < 4.78 is 5.34. The van der Waals surface area contributed by atoms with Gasteiger partial charge in [-0.2, -0.15) is 0 Å². The number of hydrogen-bond acceptors (Lipinski definition) is 3. The normalized spacial score (nSPS) is 36.9. The van der Waals surface area contributed by atoms with Gasteiger partial charge in [0.25, 0.3) is 0 Å². The van der Waals surface area contributed by atoms with E-state index in [1.165, 1.54) is 0 Å². The van der Waals surface area contributed by atoms with Crippen molar-refractivity contribution in [3.05, 3.63) is 0 Å². The van der Waals surface area contributed by atoms with Gasteiger partial charge >= 0.3 is 0 Å². The van der Waals surface area contributed by atoms with Crippen molar-refractivity contribution < 1.29 is 9.53 Å². The molecule has 2 saturated heterocycles. The van der Waals surface area contributed by atoms with E-state index < -0.39 is 0 Å². The van der Waals surface area contributed by atoms with Crippen LogP contribution in [0.5, 0.6) is 0 Å². The third-order valence-electron chi connectivity index (χ3n) is 3.45. The topological polar surface area (TPSA) is 41.6 Å². The van der Waals surface area contributed by atoms with E-state index in [-0.39, 0.29) is 18.0 Å². The smallest absolute Gasteiger partial charge is 0.240 e. The van der Waals surface area contributed by atoms with Crippen LogP contribution >= 0.6 is 0 Å². The zero-order chi connectivity index (χ0) is 10.8. The molecule has 15 heavy (non-hydrogen) atoms. The fourth-order valence-corrected chi connectivity index (χ4v) is 2.40. The lowest BCUT2D eigenvalue weighted by molar-refractivity contribution is -0.141. The molecule has 0 bridgehead atoms. The first-order chi connectivity index (χ1) is 7.20. The summed E-state index contributed by atoms with van der Waals surface area (Å²) in [6, 6.07) is 0.256. The molecule has 0 saturated carbocycles. The van der Waals surface area contributed by atoms with Gasteiger partial charge in [0.05, 0.1) is 25.3 Å². The van der Waals surface area contributed by atoms with Crippen molar-refractivity contribution in [1.82, 2.24) is 10.2 Å². The number of morpholine rings is 1. The van der Waals surface area contributed by atoms with E-state index >= 15 is 0 Å². The molecule has 4 heteroatoms. The average molecular weight is 212 g/mol. The molecule has 0 aromatic heterocycles. The van der Waals surface area contributed by atoms with E-state index in [4.69, 9.17) is 4.74 Å². The number of nitrogens with zero attached hydrogens (tertiary/aromatic N) is 1. The minimum absolute atomic E-state index is 0.0329. The molecule has 1 N–H and O–H groups in total. The van der Waals surface area contributed by atoms with E-state index in [1.54, 1.807) is 0 Å². The Kier molecular flexibility index (Phi) is 3.26. The maximum atomic E-state index is 12.2. The van der Waals surface area contributed by atoms with Crippen molar-refractivity contribution in [2.75, 3.05) is 26.3 Å². The summed E-state index contributed by atoms with van der Waals surface area (Å²) in [6.45, 7) is 7.26. The number of nitrogens with one attached hydrogen (secondary N) is 1. The van der Waals surface area contributed by atoms with Crippen molar-refractivity contribution in [3.8, 4) is 0 Å². The minimum atomic E-state index is 0.0329. The molecule has 2 fully saturated rings. The number of carbonyl (C=O) groups is 1. The van der Waals surface area contributed by atoms with Crippen LogP contribution in [0.25, 0.3) is 0 Å². The lowest BCUT2D eigenvalue weighted by Crippen LogP contribution is -2.53. The van der Waals surface area contributed by atoms with E-state index in [9.17, 15) is 4.79 Å². The molecule has 4 nitrogen and oxygen atoms in total. The third-order valence-corrected chi connectivity index (χ3v) is 3.45. The van der Waals surface area contributed by atoms with Crippen molar-refractivity contribution in [1.29, 1.82) is 0 Å². The summed E-state index contributed by atoms with van der Waals surface area (Å²) in [5.41, 5.74) is 0. The molecule has 2 rings (SSSR count). The zero-order valence-electron chi connectivity index (χ0n) is 9.53. The predicted molar refractivity (Wildman–Crippen MR) is 57.6 cm³/mol. The van der Waals surface area contributed by atoms with Gasteiger partial charge in [-0.05, 0) is 25.8 Å². The molecule has 0 aromatic rings. The molecule has 2 aliphatic heterocycles. The summed E-state index contributed by atoms with van der Waals surface area (Å²) in [6.07, 6.45) is 1.11. The summed E-state index contributed by atoms with van der Waals surface area (Å²) in [7, 11) is 0. The van der Waals surface area contributed by atoms with Gasteiger partial charge in [-0.3, -0.25) is 4.79 Å². The van der Waals surface area contributed by atoms with Gasteiger partial charge in [0.1, 0.15) is 0 Å². The Morgan fingerprint density at radius 1 is 1.47 bits per heavy atom. The monoisotopic (exact) mass is 212 g/mol. The predicted octanol–water partition coefficient (Wildman–Crippen LogP) is 0.232. The first-order valence-electron chi connectivity index (χ1n) is 5.81. The van der Waals surface area contributed by atoms with Crippen molar-refractivity contribution in [3.63, 3.8) is 0 Å². The fraction of sp³-hybridized carbons (Fsp3) is 0.909. The van der Waals surface area contributed by atoms with Crippen LogP contribution < -0.4 is 5.32 Å². The molecular weight excluding hydrogens is 192 g/mol. The maximum absolute atomic E-state index is 12.2. The maximum Gasteiger partial charge on any atom is 0.240 e. The zero-order valence-corrected chi connectivity index (χ0v) is 9.53. The number of hydrogen-bond donors (Lipinski definition) is 1. The molecule has 3 atom stereocenters. The van der Waals surface area contributed by atoms with Gasteiger partial charge in [0, 0.05) is 6.54 Å². The van der Waals surface area contributed by atoms with Crippen LogP contribution in [0.2, 0.25) is 0 Å². The Hall–Kier alpha value is -0.610. The number of rotatable bonds is 1. The molecule has 0 radical (unpaired) electrons. The van der Waals surface area contributed by atoms with Crippen LogP contribution in [0.4, 0.5) is 0 Å². The molecule has 0 aromatic carbocycles. The van der Waals surface area contributed by atoms with Gasteiger partial charge < -0.3 is 15.0 Å².